The van der Waals surface area contributed by atoms with E-state index >= 15 is 0 Å². The van der Waals surface area contributed by atoms with Crippen molar-refractivity contribution in [3.63, 3.8) is 0 Å². The van der Waals surface area contributed by atoms with Gasteiger partial charge in [0.15, 0.2) is 5.69 Å². The summed E-state index contributed by atoms with van der Waals surface area (Å²) < 4.78 is 48.1. The van der Waals surface area contributed by atoms with Crippen LogP contribution in [0.4, 0.5) is 18.2 Å². The van der Waals surface area contributed by atoms with Crippen LogP contribution in [0.1, 0.15) is 62.0 Å². The molecule has 2 aromatic rings. The fourth-order valence-corrected chi connectivity index (χ4v) is 3.34. The van der Waals surface area contributed by atoms with Gasteiger partial charge in [-0.15, -0.1) is 11.3 Å². The summed E-state index contributed by atoms with van der Waals surface area (Å²) in [5, 5.41) is 7.35. The number of alkyl halides is 3. The number of nitrogens with one attached hydrogen (secondary N) is 2. The normalized spacial score (nSPS) is 11.2. The maximum atomic E-state index is 12.7. The molecule has 0 fully saturated rings. The molecule has 0 bridgehead atoms. The molecule has 1 amide bonds. The summed E-state index contributed by atoms with van der Waals surface area (Å²) in [4.78, 5) is 36.9. The smallest absolute Gasteiger partial charge is 0.432 e. The lowest BCUT2D eigenvalue weighted by atomic mass is 10.1. The Balaban J connectivity index is 2.37. The van der Waals surface area contributed by atoms with E-state index in [0.29, 0.717) is 12.5 Å². The first kappa shape index (κ1) is 22.4. The molecule has 12 heteroatoms. The molecule has 2 aromatic heterocycles. The van der Waals surface area contributed by atoms with Crippen LogP contribution < -0.4 is 5.32 Å². The quantitative estimate of drug-likeness (QED) is 0.643. The molecule has 8 nitrogen and oxygen atoms in total. The zero-order chi connectivity index (χ0) is 21.8. The van der Waals surface area contributed by atoms with Gasteiger partial charge in [0.1, 0.15) is 15.6 Å². The topological polar surface area (TPSA) is 110 Å². The number of amides is 1. The van der Waals surface area contributed by atoms with Gasteiger partial charge in [0, 0.05) is 6.07 Å². The van der Waals surface area contributed by atoms with Crippen molar-refractivity contribution in [2.24, 2.45) is 0 Å². The number of aromatic nitrogens is 2. The number of thiophene rings is 1. The minimum Gasteiger partial charge on any atom is -0.462 e. The van der Waals surface area contributed by atoms with Crippen molar-refractivity contribution in [2.45, 2.75) is 33.4 Å². The number of nitrogens with zero attached hydrogens (tertiary/aromatic N) is 1. The van der Waals surface area contributed by atoms with Crippen LogP contribution in [0.25, 0.3) is 0 Å². The highest BCUT2D eigenvalue weighted by Gasteiger charge is 2.34. The van der Waals surface area contributed by atoms with E-state index in [1.807, 2.05) is 0 Å². The van der Waals surface area contributed by atoms with Crippen LogP contribution in [0.15, 0.2) is 6.07 Å². The Morgan fingerprint density at radius 2 is 1.90 bits per heavy atom. The SMILES string of the molecule is CCCOC(=O)c1c(NC(=O)c2cc(C(F)(F)F)[nH]n2)sc(C(=O)OCC)c1C. The number of carbonyl (C=O) groups excluding carboxylic acids is 3. The van der Waals surface area contributed by atoms with Crippen molar-refractivity contribution < 1.29 is 37.0 Å². The minimum atomic E-state index is -4.70. The third-order valence-electron chi connectivity index (χ3n) is 3.59. The highest BCUT2D eigenvalue weighted by molar-refractivity contribution is 7.18. The van der Waals surface area contributed by atoms with Gasteiger partial charge >= 0.3 is 18.1 Å². The van der Waals surface area contributed by atoms with Crippen molar-refractivity contribution in [1.82, 2.24) is 10.2 Å². The molecular formula is C17H18F3N3O5S. The van der Waals surface area contributed by atoms with Gasteiger partial charge in [-0.1, -0.05) is 6.92 Å². The number of H-pyrrole nitrogens is 1. The summed E-state index contributed by atoms with van der Waals surface area (Å²) in [6, 6.07) is 0.539. The number of hydrogen-bond donors (Lipinski definition) is 2. The first-order valence-electron chi connectivity index (χ1n) is 8.51. The Hall–Kier alpha value is -2.89. The molecule has 2 rings (SSSR count). The molecule has 0 aliphatic rings. The molecule has 2 heterocycles. The lowest BCUT2D eigenvalue weighted by molar-refractivity contribution is -0.141. The second-order valence-electron chi connectivity index (χ2n) is 5.74. The summed E-state index contributed by atoms with van der Waals surface area (Å²) >= 11 is 0.764. The number of carbonyl (C=O) groups is 3. The fourth-order valence-electron chi connectivity index (χ4n) is 2.26. The van der Waals surface area contributed by atoms with E-state index in [1.165, 1.54) is 6.92 Å². The number of halogens is 3. The monoisotopic (exact) mass is 433 g/mol. The molecule has 0 spiro atoms. The summed E-state index contributed by atoms with van der Waals surface area (Å²) in [5.74, 6) is -2.46. The van der Waals surface area contributed by atoms with Crippen molar-refractivity contribution in [3.05, 3.63) is 33.5 Å². The average molecular weight is 433 g/mol. The van der Waals surface area contributed by atoms with E-state index in [9.17, 15) is 27.6 Å². The van der Waals surface area contributed by atoms with Crippen LogP contribution in [-0.2, 0) is 15.7 Å². The number of ether oxygens (including phenoxy) is 2. The van der Waals surface area contributed by atoms with Gasteiger partial charge in [0.05, 0.1) is 18.8 Å². The summed E-state index contributed by atoms with van der Waals surface area (Å²) in [7, 11) is 0. The summed E-state index contributed by atoms with van der Waals surface area (Å²) in [6.07, 6.45) is -4.15. The predicted octanol–water partition coefficient (Wildman–Crippen LogP) is 3.79. The van der Waals surface area contributed by atoms with Gasteiger partial charge in [-0.3, -0.25) is 9.89 Å². The van der Waals surface area contributed by atoms with Crippen molar-refractivity contribution in [1.29, 1.82) is 0 Å². The minimum absolute atomic E-state index is 0.0479. The Morgan fingerprint density at radius 1 is 1.21 bits per heavy atom. The Morgan fingerprint density at radius 3 is 2.45 bits per heavy atom. The first-order valence-corrected chi connectivity index (χ1v) is 9.33. The molecule has 29 heavy (non-hydrogen) atoms. The van der Waals surface area contributed by atoms with Gasteiger partial charge in [-0.25, -0.2) is 9.59 Å². The van der Waals surface area contributed by atoms with E-state index in [-0.39, 0.29) is 34.2 Å². The molecule has 0 saturated carbocycles. The van der Waals surface area contributed by atoms with Gasteiger partial charge in [0.2, 0.25) is 0 Å². The molecule has 0 aliphatic carbocycles. The summed E-state index contributed by atoms with van der Waals surface area (Å²) in [6.45, 7) is 5.09. The fraction of sp³-hybridized carbons (Fsp3) is 0.412. The largest absolute Gasteiger partial charge is 0.462 e. The molecular weight excluding hydrogens is 415 g/mol. The van der Waals surface area contributed by atoms with Crippen LogP contribution in [0.3, 0.4) is 0 Å². The third kappa shape index (κ3) is 5.13. The van der Waals surface area contributed by atoms with Crippen molar-refractivity contribution in [2.75, 3.05) is 18.5 Å². The van der Waals surface area contributed by atoms with Crippen LogP contribution in [0, 0.1) is 6.92 Å². The lowest BCUT2D eigenvalue weighted by Gasteiger charge is -2.06. The van der Waals surface area contributed by atoms with Gasteiger partial charge in [-0.2, -0.15) is 18.3 Å². The van der Waals surface area contributed by atoms with Gasteiger partial charge in [-0.05, 0) is 25.8 Å². The van der Waals surface area contributed by atoms with E-state index in [2.05, 4.69) is 10.4 Å². The molecule has 2 N–H and O–H groups in total. The number of aromatic amines is 1. The third-order valence-corrected chi connectivity index (χ3v) is 4.78. The second kappa shape index (κ2) is 9.07. The highest BCUT2D eigenvalue weighted by atomic mass is 32.1. The van der Waals surface area contributed by atoms with E-state index < -0.39 is 35.4 Å². The predicted molar refractivity (Wildman–Crippen MR) is 97.1 cm³/mol. The molecule has 0 radical (unpaired) electrons. The van der Waals surface area contributed by atoms with E-state index in [0.717, 1.165) is 11.3 Å². The zero-order valence-electron chi connectivity index (χ0n) is 15.7. The average Bonchev–Trinajstić information content (AvgIpc) is 3.25. The Kier molecular flexibility index (Phi) is 7.01. The van der Waals surface area contributed by atoms with Crippen LogP contribution in [0.5, 0.6) is 0 Å². The van der Waals surface area contributed by atoms with E-state index in [4.69, 9.17) is 9.47 Å². The lowest BCUT2D eigenvalue weighted by Crippen LogP contribution is -2.15. The standard InChI is InChI=1S/C17H18F3N3O5S/c1-4-6-28-15(25)11-8(3)12(16(26)27-5-2)29-14(11)21-13(24)9-7-10(23-22-9)17(18,19)20/h7H,4-6H2,1-3H3,(H,21,24)(H,22,23). The van der Waals surface area contributed by atoms with Crippen LogP contribution in [0.2, 0.25) is 0 Å². The second-order valence-corrected chi connectivity index (χ2v) is 6.76. The number of esters is 2. The molecule has 158 valence electrons. The van der Waals surface area contributed by atoms with E-state index in [1.54, 1.807) is 18.9 Å². The Labute approximate surface area is 167 Å². The maximum absolute atomic E-state index is 12.7. The molecule has 0 unspecified atom stereocenters. The number of rotatable bonds is 7. The van der Waals surface area contributed by atoms with Gasteiger partial charge < -0.3 is 14.8 Å². The molecule has 0 atom stereocenters. The van der Waals surface area contributed by atoms with Crippen LogP contribution in [-0.4, -0.2) is 41.3 Å². The first-order chi connectivity index (χ1) is 13.6. The molecule has 0 saturated heterocycles. The zero-order valence-corrected chi connectivity index (χ0v) is 16.5. The number of anilines is 1. The molecule has 0 aliphatic heterocycles. The highest BCUT2D eigenvalue weighted by Crippen LogP contribution is 2.35. The maximum Gasteiger partial charge on any atom is 0.432 e. The number of hydrogen-bond acceptors (Lipinski definition) is 7. The summed E-state index contributed by atoms with van der Waals surface area (Å²) in [5.41, 5.74) is -1.55. The molecule has 0 aromatic carbocycles. The Bertz CT molecular complexity index is 920. The van der Waals surface area contributed by atoms with Crippen molar-refractivity contribution >= 4 is 34.2 Å². The van der Waals surface area contributed by atoms with Gasteiger partial charge in [0.25, 0.3) is 5.91 Å². The van der Waals surface area contributed by atoms with Crippen molar-refractivity contribution in [3.8, 4) is 0 Å². The van der Waals surface area contributed by atoms with Crippen LogP contribution >= 0.6 is 11.3 Å².